The van der Waals surface area contributed by atoms with Crippen molar-refractivity contribution < 1.29 is 9.84 Å². The van der Waals surface area contributed by atoms with Gasteiger partial charge in [0.15, 0.2) is 0 Å². The first-order valence-corrected chi connectivity index (χ1v) is 5.38. The Morgan fingerprint density at radius 2 is 2.69 bits per heavy atom. The van der Waals surface area contributed by atoms with Gasteiger partial charge in [0, 0.05) is 30.5 Å². The van der Waals surface area contributed by atoms with E-state index in [1.807, 2.05) is 5.38 Å². The number of hydrogen-bond donors (Lipinski definition) is 1. The van der Waals surface area contributed by atoms with Gasteiger partial charge < -0.3 is 9.84 Å². The molecule has 72 valence electrons. The maximum absolute atomic E-state index is 9.81. The van der Waals surface area contributed by atoms with Crippen molar-refractivity contribution in [1.82, 2.24) is 4.98 Å². The molecular formula is C9H13NO2S. The first-order chi connectivity index (χ1) is 6.36. The third-order valence-corrected chi connectivity index (χ3v) is 3.18. The molecule has 4 heteroatoms. The highest BCUT2D eigenvalue weighted by molar-refractivity contribution is 7.09. The summed E-state index contributed by atoms with van der Waals surface area (Å²) < 4.78 is 5.22. The van der Waals surface area contributed by atoms with Gasteiger partial charge in [0.1, 0.15) is 0 Å². The van der Waals surface area contributed by atoms with E-state index in [-0.39, 0.29) is 6.10 Å². The number of thiazole rings is 1. The van der Waals surface area contributed by atoms with E-state index in [1.54, 1.807) is 17.5 Å². The maximum atomic E-state index is 9.81. The van der Waals surface area contributed by atoms with Crippen molar-refractivity contribution in [2.24, 2.45) is 5.92 Å². The van der Waals surface area contributed by atoms with Crippen LogP contribution in [0.2, 0.25) is 0 Å². The van der Waals surface area contributed by atoms with Crippen LogP contribution in [0.3, 0.4) is 0 Å². The molecular weight excluding hydrogens is 186 g/mol. The topological polar surface area (TPSA) is 42.4 Å². The molecule has 0 aromatic carbocycles. The van der Waals surface area contributed by atoms with Gasteiger partial charge in [-0.25, -0.2) is 4.98 Å². The molecule has 13 heavy (non-hydrogen) atoms. The molecule has 1 aliphatic heterocycles. The monoisotopic (exact) mass is 199 g/mol. The summed E-state index contributed by atoms with van der Waals surface area (Å²) in [4.78, 5) is 4.15. The molecule has 0 spiro atoms. The molecule has 0 saturated carbocycles. The van der Waals surface area contributed by atoms with Crippen LogP contribution < -0.4 is 0 Å². The zero-order valence-electron chi connectivity index (χ0n) is 7.35. The second kappa shape index (κ2) is 4.17. The van der Waals surface area contributed by atoms with Crippen LogP contribution in [0.4, 0.5) is 0 Å². The lowest BCUT2D eigenvalue weighted by Gasteiger charge is -2.14. The second-order valence-corrected chi connectivity index (χ2v) is 4.30. The SMILES string of the molecule is OC(Cc1nccs1)C1CCOC1. The largest absolute Gasteiger partial charge is 0.392 e. The first kappa shape index (κ1) is 9.12. The number of hydrogen-bond acceptors (Lipinski definition) is 4. The van der Waals surface area contributed by atoms with Gasteiger partial charge in [0.25, 0.3) is 0 Å². The van der Waals surface area contributed by atoms with Crippen molar-refractivity contribution in [2.45, 2.75) is 18.9 Å². The number of rotatable bonds is 3. The summed E-state index contributed by atoms with van der Waals surface area (Å²) >= 11 is 1.60. The minimum Gasteiger partial charge on any atom is -0.392 e. The van der Waals surface area contributed by atoms with Gasteiger partial charge >= 0.3 is 0 Å². The van der Waals surface area contributed by atoms with E-state index < -0.39 is 0 Å². The summed E-state index contributed by atoms with van der Waals surface area (Å²) in [6.45, 7) is 1.49. The zero-order chi connectivity index (χ0) is 9.10. The number of aliphatic hydroxyl groups is 1. The van der Waals surface area contributed by atoms with Crippen molar-refractivity contribution in [3.8, 4) is 0 Å². The quantitative estimate of drug-likeness (QED) is 0.792. The molecule has 1 saturated heterocycles. The maximum Gasteiger partial charge on any atom is 0.0950 e. The summed E-state index contributed by atoms with van der Waals surface area (Å²) in [6, 6.07) is 0. The fourth-order valence-corrected chi connectivity index (χ4v) is 2.22. The number of nitrogens with zero attached hydrogens (tertiary/aromatic N) is 1. The van der Waals surface area contributed by atoms with Crippen LogP contribution in [0.5, 0.6) is 0 Å². The van der Waals surface area contributed by atoms with Crippen molar-refractivity contribution >= 4 is 11.3 Å². The second-order valence-electron chi connectivity index (χ2n) is 3.32. The Balaban J connectivity index is 1.87. The van der Waals surface area contributed by atoms with Crippen molar-refractivity contribution in [3.63, 3.8) is 0 Å². The van der Waals surface area contributed by atoms with Crippen molar-refractivity contribution in [2.75, 3.05) is 13.2 Å². The Bertz CT molecular complexity index is 244. The fourth-order valence-electron chi connectivity index (χ4n) is 1.56. The van der Waals surface area contributed by atoms with Crippen molar-refractivity contribution in [1.29, 1.82) is 0 Å². The lowest BCUT2D eigenvalue weighted by Crippen LogP contribution is -2.22. The normalized spacial score (nSPS) is 24.8. The molecule has 0 aliphatic carbocycles. The van der Waals surface area contributed by atoms with Crippen LogP contribution in [0.15, 0.2) is 11.6 Å². The molecule has 1 N–H and O–H groups in total. The molecule has 1 aromatic rings. The highest BCUT2D eigenvalue weighted by atomic mass is 32.1. The summed E-state index contributed by atoms with van der Waals surface area (Å²) in [5.74, 6) is 0.309. The molecule has 2 rings (SSSR count). The van der Waals surface area contributed by atoms with E-state index in [2.05, 4.69) is 4.98 Å². The van der Waals surface area contributed by atoms with Gasteiger partial charge in [-0.2, -0.15) is 0 Å². The van der Waals surface area contributed by atoms with Crippen LogP contribution >= 0.6 is 11.3 Å². The van der Waals surface area contributed by atoms with Crippen molar-refractivity contribution in [3.05, 3.63) is 16.6 Å². The minimum absolute atomic E-state index is 0.284. The van der Waals surface area contributed by atoms with Crippen LogP contribution in [0, 0.1) is 5.92 Å². The average molecular weight is 199 g/mol. The molecule has 2 heterocycles. The van der Waals surface area contributed by atoms with E-state index in [0.29, 0.717) is 18.9 Å². The smallest absolute Gasteiger partial charge is 0.0950 e. The first-order valence-electron chi connectivity index (χ1n) is 4.50. The molecule has 0 radical (unpaired) electrons. The third-order valence-electron chi connectivity index (χ3n) is 2.38. The van der Waals surface area contributed by atoms with Gasteiger partial charge in [-0.1, -0.05) is 0 Å². The van der Waals surface area contributed by atoms with Gasteiger partial charge in [0.05, 0.1) is 17.7 Å². The van der Waals surface area contributed by atoms with E-state index in [9.17, 15) is 5.11 Å². The Labute approximate surface area is 81.4 Å². The molecule has 0 bridgehead atoms. The standard InChI is InChI=1S/C9H13NO2S/c11-8(7-1-3-12-6-7)5-9-10-2-4-13-9/h2,4,7-8,11H,1,3,5-6H2. The molecule has 2 atom stereocenters. The zero-order valence-corrected chi connectivity index (χ0v) is 8.17. The van der Waals surface area contributed by atoms with Crippen LogP contribution in [-0.4, -0.2) is 29.4 Å². The van der Waals surface area contributed by atoms with E-state index >= 15 is 0 Å². The lowest BCUT2D eigenvalue weighted by molar-refractivity contribution is 0.0918. The predicted octanol–water partition coefficient (Wildman–Crippen LogP) is 1.08. The fraction of sp³-hybridized carbons (Fsp3) is 0.667. The predicted molar refractivity (Wildman–Crippen MR) is 50.8 cm³/mol. The molecule has 2 unspecified atom stereocenters. The summed E-state index contributed by atoms with van der Waals surface area (Å²) in [7, 11) is 0. The summed E-state index contributed by atoms with van der Waals surface area (Å²) in [5.41, 5.74) is 0. The number of aromatic nitrogens is 1. The molecule has 1 fully saturated rings. The van der Waals surface area contributed by atoms with Gasteiger partial charge in [-0.15, -0.1) is 11.3 Å². The van der Waals surface area contributed by atoms with Gasteiger partial charge in [-0.05, 0) is 6.42 Å². The molecule has 0 amide bonds. The summed E-state index contributed by atoms with van der Waals surface area (Å²) in [5, 5.41) is 12.8. The number of aliphatic hydroxyl groups excluding tert-OH is 1. The highest BCUT2D eigenvalue weighted by Gasteiger charge is 2.24. The Kier molecular flexibility index (Phi) is 2.93. The Hall–Kier alpha value is -0.450. The van der Waals surface area contributed by atoms with E-state index in [0.717, 1.165) is 18.0 Å². The van der Waals surface area contributed by atoms with Crippen LogP contribution in [-0.2, 0) is 11.2 Å². The van der Waals surface area contributed by atoms with E-state index in [4.69, 9.17) is 4.74 Å². The minimum atomic E-state index is -0.284. The third kappa shape index (κ3) is 2.27. The van der Waals surface area contributed by atoms with Gasteiger partial charge in [0.2, 0.25) is 0 Å². The molecule has 3 nitrogen and oxygen atoms in total. The molecule has 1 aromatic heterocycles. The lowest BCUT2D eigenvalue weighted by atomic mass is 10.00. The summed E-state index contributed by atoms with van der Waals surface area (Å²) in [6.07, 6.45) is 3.14. The van der Waals surface area contributed by atoms with Crippen LogP contribution in [0.25, 0.3) is 0 Å². The Morgan fingerprint density at radius 1 is 1.77 bits per heavy atom. The van der Waals surface area contributed by atoms with Gasteiger partial charge in [-0.3, -0.25) is 0 Å². The average Bonchev–Trinajstić information content (AvgIpc) is 2.74. The molecule has 1 aliphatic rings. The Morgan fingerprint density at radius 3 is 3.31 bits per heavy atom. The van der Waals surface area contributed by atoms with Crippen LogP contribution in [0.1, 0.15) is 11.4 Å². The van der Waals surface area contributed by atoms with E-state index in [1.165, 1.54) is 0 Å². The highest BCUT2D eigenvalue weighted by Crippen LogP contribution is 2.20. The number of ether oxygens (including phenoxy) is 1.